The molecule has 4 rings (SSSR count). The molecule has 3 saturated carbocycles. The molecule has 4 aliphatic rings. The van der Waals surface area contributed by atoms with Crippen molar-refractivity contribution in [3.63, 3.8) is 0 Å². The second-order valence-corrected chi connectivity index (χ2v) is 15.4. The molecule has 0 aromatic carbocycles. The predicted molar refractivity (Wildman–Crippen MR) is 161 cm³/mol. The van der Waals surface area contributed by atoms with Gasteiger partial charge in [0.2, 0.25) is 35.3 Å². The topological polar surface area (TPSA) is 154 Å². The summed E-state index contributed by atoms with van der Waals surface area (Å²) in [7, 11) is 1.40. The molecule has 11 nitrogen and oxygen atoms in total. The number of carbonyl (C=O) groups is 6. The molecular formula is C32H49F2N5O6. The average Bonchev–Trinajstić information content (AvgIpc) is 3.65. The highest BCUT2D eigenvalue weighted by atomic mass is 19.3. The van der Waals surface area contributed by atoms with Gasteiger partial charge in [0.1, 0.15) is 12.1 Å². The second kappa shape index (κ2) is 12.9. The lowest BCUT2D eigenvalue weighted by Crippen LogP contribution is -2.62. The molecule has 45 heavy (non-hydrogen) atoms. The van der Waals surface area contributed by atoms with E-state index in [4.69, 9.17) is 0 Å². The largest absolute Gasteiger partial charge is 0.351 e. The first-order chi connectivity index (χ1) is 20.8. The maximum absolute atomic E-state index is 14.0. The van der Waals surface area contributed by atoms with E-state index < -0.39 is 89.1 Å². The lowest BCUT2D eigenvalue weighted by atomic mass is 9.75. The van der Waals surface area contributed by atoms with Crippen molar-refractivity contribution in [3.05, 3.63) is 0 Å². The van der Waals surface area contributed by atoms with Gasteiger partial charge in [-0.2, -0.15) is 0 Å². The zero-order valence-corrected chi connectivity index (χ0v) is 27.3. The summed E-state index contributed by atoms with van der Waals surface area (Å²) in [6.45, 7) is 8.65. The molecule has 0 aromatic heterocycles. The van der Waals surface area contributed by atoms with Crippen molar-refractivity contribution in [2.45, 2.75) is 134 Å². The standard InChI is InChI=1S/C32H49F2N5O6/c1-30(2,3)29(45)37-23(19-15-32(33,34)16-19)28(44)39(6)22(12-17-8-7-9-17)26(42)36-21(24(40)27(43)35-20-10-11-20)13-18-14-31(4,5)38-25(18)41/h17-23H,7-16H2,1-6H3,(H,35,43)(H,36,42)(H,37,45)(H,38,41)/t18-,21+,22+,23-/m1/s1. The maximum Gasteiger partial charge on any atom is 0.289 e. The Morgan fingerprint density at radius 2 is 1.60 bits per heavy atom. The fourth-order valence-corrected chi connectivity index (χ4v) is 6.35. The van der Waals surface area contributed by atoms with Gasteiger partial charge < -0.3 is 26.2 Å². The number of nitrogens with zero attached hydrogens (tertiary/aromatic N) is 1. The first kappa shape index (κ1) is 34.7. The number of amides is 5. The lowest BCUT2D eigenvalue weighted by molar-refractivity contribution is -0.156. The summed E-state index contributed by atoms with van der Waals surface area (Å²) in [5.41, 5.74) is -1.40. The normalized spacial score (nSPS) is 24.6. The Morgan fingerprint density at radius 1 is 0.978 bits per heavy atom. The van der Waals surface area contributed by atoms with E-state index in [2.05, 4.69) is 21.3 Å². The number of rotatable bonds is 13. The second-order valence-electron chi connectivity index (χ2n) is 15.4. The molecule has 4 fully saturated rings. The Kier molecular flexibility index (Phi) is 9.99. The van der Waals surface area contributed by atoms with Crippen LogP contribution in [0.25, 0.3) is 0 Å². The third kappa shape index (κ3) is 8.78. The third-order valence-electron chi connectivity index (χ3n) is 9.60. The fraction of sp³-hybridized carbons (Fsp3) is 0.812. The first-order valence-electron chi connectivity index (χ1n) is 16.2. The molecule has 0 unspecified atom stereocenters. The molecule has 252 valence electrons. The van der Waals surface area contributed by atoms with Crippen molar-refractivity contribution in [1.82, 2.24) is 26.2 Å². The summed E-state index contributed by atoms with van der Waals surface area (Å²) >= 11 is 0. The molecule has 0 aromatic rings. The van der Waals surface area contributed by atoms with E-state index in [1.165, 1.54) is 11.9 Å². The summed E-state index contributed by atoms with van der Waals surface area (Å²) in [6.07, 6.45) is 3.61. The zero-order valence-electron chi connectivity index (χ0n) is 27.3. The van der Waals surface area contributed by atoms with Crippen molar-refractivity contribution >= 4 is 35.3 Å². The molecule has 1 heterocycles. The van der Waals surface area contributed by atoms with Crippen molar-refractivity contribution in [1.29, 1.82) is 0 Å². The van der Waals surface area contributed by atoms with E-state index in [9.17, 15) is 37.5 Å². The highest BCUT2D eigenvalue weighted by Gasteiger charge is 2.52. The van der Waals surface area contributed by atoms with E-state index in [-0.39, 0.29) is 30.7 Å². The Hall–Kier alpha value is -3.12. The lowest BCUT2D eigenvalue weighted by Gasteiger charge is -2.43. The highest BCUT2D eigenvalue weighted by Crippen LogP contribution is 2.45. The summed E-state index contributed by atoms with van der Waals surface area (Å²) in [5.74, 6) is -8.04. The Bertz CT molecular complexity index is 1200. The highest BCUT2D eigenvalue weighted by molar-refractivity contribution is 6.38. The van der Waals surface area contributed by atoms with Gasteiger partial charge in [0.25, 0.3) is 5.91 Å². The van der Waals surface area contributed by atoms with Crippen LogP contribution in [0.3, 0.4) is 0 Å². The van der Waals surface area contributed by atoms with Gasteiger partial charge in [0.15, 0.2) is 0 Å². The number of ketones is 1. The maximum atomic E-state index is 14.0. The van der Waals surface area contributed by atoms with Crippen LogP contribution >= 0.6 is 0 Å². The molecule has 1 saturated heterocycles. The van der Waals surface area contributed by atoms with Crippen LogP contribution in [0.5, 0.6) is 0 Å². The van der Waals surface area contributed by atoms with Crippen LogP contribution in [0.1, 0.15) is 98.8 Å². The minimum atomic E-state index is -2.94. The van der Waals surface area contributed by atoms with E-state index >= 15 is 0 Å². The fourth-order valence-electron chi connectivity index (χ4n) is 6.35. The number of hydrogen-bond donors (Lipinski definition) is 4. The molecule has 4 atom stereocenters. The molecule has 4 N–H and O–H groups in total. The van der Waals surface area contributed by atoms with Gasteiger partial charge >= 0.3 is 0 Å². The van der Waals surface area contributed by atoms with Gasteiger partial charge in [0.05, 0.1) is 6.04 Å². The minimum Gasteiger partial charge on any atom is -0.351 e. The van der Waals surface area contributed by atoms with Gasteiger partial charge in [-0.1, -0.05) is 40.0 Å². The molecule has 0 radical (unpaired) electrons. The van der Waals surface area contributed by atoms with E-state index in [1.54, 1.807) is 20.8 Å². The van der Waals surface area contributed by atoms with Gasteiger partial charge in [-0.15, -0.1) is 0 Å². The SMILES string of the molecule is CN(C(=O)[C@H](NC(=O)C(C)(C)C)C1CC(F)(F)C1)[C@@H](CC1CCC1)C(=O)N[C@@H](C[C@@H]1CC(C)(C)NC1=O)C(=O)C(=O)NC1CC1. The van der Waals surface area contributed by atoms with E-state index in [0.717, 1.165) is 32.1 Å². The van der Waals surface area contributed by atoms with Crippen LogP contribution < -0.4 is 21.3 Å². The van der Waals surface area contributed by atoms with E-state index in [0.29, 0.717) is 6.42 Å². The summed E-state index contributed by atoms with van der Waals surface area (Å²) in [6, 6.07) is -3.76. The summed E-state index contributed by atoms with van der Waals surface area (Å²) in [5, 5.41) is 10.9. The van der Waals surface area contributed by atoms with Crippen LogP contribution in [0.2, 0.25) is 0 Å². The predicted octanol–water partition coefficient (Wildman–Crippen LogP) is 2.22. The van der Waals surface area contributed by atoms with Gasteiger partial charge in [0, 0.05) is 42.8 Å². The van der Waals surface area contributed by atoms with Crippen molar-refractivity contribution in [2.75, 3.05) is 7.05 Å². The number of likely N-dealkylation sites (N-methyl/N-ethyl adjacent to an activating group) is 1. The molecular weight excluding hydrogens is 588 g/mol. The number of alkyl halides is 2. The van der Waals surface area contributed by atoms with Crippen LogP contribution in [-0.2, 0) is 28.8 Å². The number of carbonyl (C=O) groups excluding carboxylic acids is 6. The van der Waals surface area contributed by atoms with Gasteiger partial charge in [-0.3, -0.25) is 28.8 Å². The third-order valence-corrected chi connectivity index (χ3v) is 9.60. The van der Waals surface area contributed by atoms with Crippen LogP contribution in [-0.4, -0.2) is 82.9 Å². The van der Waals surface area contributed by atoms with Crippen LogP contribution in [0, 0.1) is 23.2 Å². The van der Waals surface area contributed by atoms with E-state index in [1.807, 2.05) is 13.8 Å². The summed E-state index contributed by atoms with van der Waals surface area (Å²) in [4.78, 5) is 80.9. The molecule has 1 aliphatic heterocycles. The molecule has 0 spiro atoms. The quantitative estimate of drug-likeness (QED) is 0.227. The molecule has 3 aliphatic carbocycles. The number of nitrogens with one attached hydrogen (secondary N) is 4. The van der Waals surface area contributed by atoms with Gasteiger partial charge in [-0.25, -0.2) is 8.78 Å². The van der Waals surface area contributed by atoms with Gasteiger partial charge in [-0.05, 0) is 57.8 Å². The average molecular weight is 638 g/mol. The Labute approximate surface area is 263 Å². The molecule has 5 amide bonds. The van der Waals surface area contributed by atoms with Crippen molar-refractivity contribution in [2.24, 2.45) is 23.2 Å². The molecule has 13 heteroatoms. The number of halogens is 2. The number of hydrogen-bond acceptors (Lipinski definition) is 6. The Balaban J connectivity index is 1.56. The zero-order chi connectivity index (χ0) is 33.5. The minimum absolute atomic E-state index is 0.0901. The Morgan fingerprint density at radius 3 is 2.07 bits per heavy atom. The monoisotopic (exact) mass is 637 g/mol. The summed E-state index contributed by atoms with van der Waals surface area (Å²) < 4.78 is 27.8. The first-order valence-corrected chi connectivity index (χ1v) is 16.2. The molecule has 0 bridgehead atoms. The van der Waals surface area contributed by atoms with Crippen molar-refractivity contribution < 1.29 is 37.5 Å². The van der Waals surface area contributed by atoms with Crippen LogP contribution in [0.4, 0.5) is 8.78 Å². The van der Waals surface area contributed by atoms with Crippen molar-refractivity contribution in [3.8, 4) is 0 Å². The number of Topliss-reactive ketones (excluding diaryl/α,β-unsaturated/α-hetero) is 1. The van der Waals surface area contributed by atoms with Crippen LogP contribution in [0.15, 0.2) is 0 Å². The smallest absolute Gasteiger partial charge is 0.289 e.